The Labute approximate surface area is 547 Å². The number of aliphatic hydroxyl groups excluding tert-OH is 1. The Morgan fingerprint density at radius 1 is 0.478 bits per heavy atom. The number of unbranched alkanes of at least 4 members (excludes halogenated alkanes) is 2. The molecule has 0 spiro atoms. The maximum Gasteiger partial charge on any atom is 0.306 e. The van der Waals surface area contributed by atoms with Crippen molar-refractivity contribution in [3.8, 4) is 0 Å². The number of carbonyl (C=O) groups is 7. The summed E-state index contributed by atoms with van der Waals surface area (Å²) < 4.78 is 71.0. The molecule has 0 aliphatic carbocycles. The topological polar surface area (TPSA) is 287 Å². The van der Waals surface area contributed by atoms with Crippen LogP contribution in [0.5, 0.6) is 0 Å². The van der Waals surface area contributed by atoms with E-state index < -0.39 is 30.3 Å². The monoisotopic (exact) mass is 1310 g/mol. The highest BCUT2D eigenvalue weighted by Gasteiger charge is 2.43. The van der Waals surface area contributed by atoms with Gasteiger partial charge in [-0.2, -0.15) is 0 Å². The number of hydrogen-bond acceptors (Lipinski definition) is 21. The van der Waals surface area contributed by atoms with Gasteiger partial charge in [0, 0.05) is 84.4 Å². The van der Waals surface area contributed by atoms with Crippen molar-refractivity contribution in [3.63, 3.8) is 0 Å². The number of aliphatic hydroxyl groups is 1. The first-order chi connectivity index (χ1) is 43.9. The van der Waals surface area contributed by atoms with Gasteiger partial charge < -0.3 is 72.6 Å². The van der Waals surface area contributed by atoms with E-state index in [1.54, 1.807) is 0 Å². The molecule has 526 valence electrons. The molecule has 0 bridgehead atoms. The largest absolute Gasteiger partial charge is 0.463 e. The molecule has 2 amide bonds. The minimum atomic E-state index is -1.27. The first-order valence-corrected chi connectivity index (χ1v) is 33.9. The van der Waals surface area contributed by atoms with Crippen LogP contribution in [0.3, 0.4) is 0 Å². The van der Waals surface area contributed by atoms with Crippen LogP contribution in [0.15, 0.2) is 30.3 Å². The standard InChI is InChI=1S/C69H115N3O20/c1-45-48(4)59(90-60(49(45)5)39-86-54(10)73)25-16-18-31-70-63(77)29-36-82-43-69(72-65(79)26-20-27-66(80)89-38-57-22-14-13-15-23-57,42-81-35-28-58(76)24-17-19-33-84-67-52(8)46(2)50(6)61(91-67)40-87-55(11)74)44-83-37-30-64(78)71-32-21-34-85-68-53(9)47(3)51(7)62(92-68)41-88-56(12)75/h13-15,22-23,45-53,59-62,65,67-68,72,79H,16-21,24-44H2,1-12H3,(H,70,77)(H,71,78)/t45-,46+,47+,48?,49-,50-,51-,52?,53?,59+,60?,61?,62?,65?,67-,68-,69?/m1/s1. The number of amides is 2. The lowest BCUT2D eigenvalue weighted by atomic mass is 9.75. The van der Waals surface area contributed by atoms with Gasteiger partial charge in [0.2, 0.25) is 11.8 Å². The van der Waals surface area contributed by atoms with Crippen LogP contribution in [-0.2, 0) is 97.0 Å². The fourth-order valence-electron chi connectivity index (χ4n) is 11.9. The SMILES string of the molecule is CC(=O)OCC1O[C@@H](OCCCCC(=O)CCOCC(COCCC(=O)NCCCC[C@@H]2OC(COC(C)=O)[C@H](C)[C@H](C)C2C)(COCCC(=O)NCCCO[C@@H]2OC(COC(C)=O)[C@H](C)[C@H](C)C2C)NC(O)CCCC(=O)OCc2ccccc2)C(C)[C@@H](C)[C@H]1C. The smallest absolute Gasteiger partial charge is 0.306 e. The average Bonchev–Trinajstić information content (AvgIpc) is 3.14. The van der Waals surface area contributed by atoms with Gasteiger partial charge in [-0.15, -0.1) is 0 Å². The molecule has 92 heavy (non-hydrogen) atoms. The van der Waals surface area contributed by atoms with Crippen LogP contribution < -0.4 is 16.0 Å². The molecule has 3 heterocycles. The summed E-state index contributed by atoms with van der Waals surface area (Å²) >= 11 is 0. The van der Waals surface area contributed by atoms with Gasteiger partial charge in [-0.25, -0.2) is 0 Å². The lowest BCUT2D eigenvalue weighted by Gasteiger charge is -2.43. The van der Waals surface area contributed by atoms with E-state index in [9.17, 15) is 38.7 Å². The zero-order valence-electron chi connectivity index (χ0n) is 57.4. The zero-order valence-corrected chi connectivity index (χ0v) is 57.4. The quantitative estimate of drug-likeness (QED) is 0.0208. The summed E-state index contributed by atoms with van der Waals surface area (Å²) in [4.78, 5) is 86.9. The van der Waals surface area contributed by atoms with Crippen molar-refractivity contribution in [3.05, 3.63) is 35.9 Å². The van der Waals surface area contributed by atoms with Crippen molar-refractivity contribution in [1.29, 1.82) is 0 Å². The molecule has 17 atom stereocenters. The van der Waals surface area contributed by atoms with Gasteiger partial charge in [0.1, 0.15) is 38.4 Å². The summed E-state index contributed by atoms with van der Waals surface area (Å²) in [6, 6.07) is 9.33. The molecule has 3 aliphatic rings. The molecular weight excluding hydrogens is 1190 g/mol. The van der Waals surface area contributed by atoms with Gasteiger partial charge in [0.05, 0.1) is 76.2 Å². The first-order valence-electron chi connectivity index (χ1n) is 33.9. The minimum absolute atomic E-state index is 0.00524. The predicted octanol–water partition coefficient (Wildman–Crippen LogP) is 7.96. The highest BCUT2D eigenvalue weighted by Crippen LogP contribution is 2.39. The second-order valence-corrected chi connectivity index (χ2v) is 26.1. The van der Waals surface area contributed by atoms with Crippen LogP contribution in [-0.4, -0.2) is 181 Å². The Morgan fingerprint density at radius 3 is 1.45 bits per heavy atom. The maximum absolute atomic E-state index is 13.3. The van der Waals surface area contributed by atoms with Crippen molar-refractivity contribution in [2.45, 2.75) is 222 Å². The third-order valence-corrected chi connectivity index (χ3v) is 19.0. The molecule has 4 N–H and O–H groups in total. The number of nitrogens with one attached hydrogen (secondary N) is 3. The number of ketones is 1. The van der Waals surface area contributed by atoms with Crippen LogP contribution in [0.4, 0.5) is 0 Å². The van der Waals surface area contributed by atoms with Crippen LogP contribution >= 0.6 is 0 Å². The zero-order chi connectivity index (χ0) is 67.6. The number of ether oxygens (including phenoxy) is 12. The van der Waals surface area contributed by atoms with E-state index in [-0.39, 0.29) is 206 Å². The molecule has 3 aliphatic heterocycles. The third kappa shape index (κ3) is 29.9. The van der Waals surface area contributed by atoms with E-state index in [1.165, 1.54) is 20.8 Å². The number of benzene rings is 1. The summed E-state index contributed by atoms with van der Waals surface area (Å²) in [6.07, 6.45) is 2.09. The lowest BCUT2D eigenvalue weighted by molar-refractivity contribution is -0.255. The molecule has 1 aromatic rings. The van der Waals surface area contributed by atoms with Gasteiger partial charge in [-0.3, -0.25) is 38.9 Å². The van der Waals surface area contributed by atoms with Crippen molar-refractivity contribution < 1.29 is 95.5 Å². The molecule has 23 nitrogen and oxygen atoms in total. The van der Waals surface area contributed by atoms with Gasteiger partial charge in [0.25, 0.3) is 0 Å². The van der Waals surface area contributed by atoms with Gasteiger partial charge >= 0.3 is 23.9 Å². The summed E-state index contributed by atoms with van der Waals surface area (Å²) in [7, 11) is 0. The van der Waals surface area contributed by atoms with Gasteiger partial charge in [-0.1, -0.05) is 92.6 Å². The Morgan fingerprint density at radius 2 is 0.935 bits per heavy atom. The molecule has 23 heteroatoms. The van der Waals surface area contributed by atoms with E-state index in [0.29, 0.717) is 63.8 Å². The number of Topliss-reactive ketones (excluding diaryl/α,β-unsaturated/α-hetero) is 1. The lowest BCUT2D eigenvalue weighted by Crippen LogP contribution is -2.60. The van der Waals surface area contributed by atoms with E-state index in [0.717, 1.165) is 24.8 Å². The maximum atomic E-state index is 13.3. The van der Waals surface area contributed by atoms with Crippen LogP contribution in [0.2, 0.25) is 0 Å². The molecule has 0 radical (unpaired) electrons. The van der Waals surface area contributed by atoms with E-state index >= 15 is 0 Å². The van der Waals surface area contributed by atoms with E-state index in [1.807, 2.05) is 30.3 Å². The second kappa shape index (κ2) is 43.4. The van der Waals surface area contributed by atoms with Crippen LogP contribution in [0, 0.1) is 53.3 Å². The van der Waals surface area contributed by atoms with Crippen LogP contribution in [0.25, 0.3) is 0 Å². The number of carbonyl (C=O) groups excluding carboxylic acids is 7. The fourth-order valence-corrected chi connectivity index (χ4v) is 11.9. The van der Waals surface area contributed by atoms with Crippen molar-refractivity contribution in [1.82, 2.24) is 16.0 Å². The van der Waals surface area contributed by atoms with Crippen molar-refractivity contribution in [2.75, 3.05) is 85.8 Å². The summed E-state index contributed by atoms with van der Waals surface area (Å²) in [6.45, 7) is 25.2. The molecule has 3 fully saturated rings. The number of esters is 4. The summed E-state index contributed by atoms with van der Waals surface area (Å²) in [5.74, 6) is 0.0704. The van der Waals surface area contributed by atoms with Gasteiger partial charge in [-0.05, 0) is 98.4 Å². The normalized spacial score (nSPS) is 27.4. The fraction of sp³-hybridized carbons (Fsp3) is 0.812. The molecule has 4 rings (SSSR count). The van der Waals surface area contributed by atoms with E-state index in [2.05, 4.69) is 78.3 Å². The van der Waals surface area contributed by atoms with Crippen LogP contribution in [0.1, 0.15) is 172 Å². The molecule has 8 unspecified atom stereocenters. The first kappa shape index (κ1) is 79.7. The number of hydrogen-bond donors (Lipinski definition) is 4. The van der Waals surface area contributed by atoms with E-state index in [4.69, 9.17) is 56.8 Å². The minimum Gasteiger partial charge on any atom is -0.463 e. The number of rotatable bonds is 45. The Hall–Kier alpha value is -4.69. The molecule has 3 saturated heterocycles. The molecule has 0 aromatic heterocycles. The molecule has 0 saturated carbocycles. The molecule has 1 aromatic carbocycles. The molecular formula is C69H115N3O20. The predicted molar refractivity (Wildman–Crippen MR) is 342 cm³/mol. The Balaban J connectivity index is 1.35. The summed E-state index contributed by atoms with van der Waals surface area (Å²) in [5.41, 5.74) is -0.414. The Kier molecular flexibility index (Phi) is 37.6. The van der Waals surface area contributed by atoms with Crippen molar-refractivity contribution in [2.24, 2.45) is 53.3 Å². The van der Waals surface area contributed by atoms with Gasteiger partial charge in [0.15, 0.2) is 12.6 Å². The highest BCUT2D eigenvalue weighted by molar-refractivity contribution is 5.78. The van der Waals surface area contributed by atoms with Crippen molar-refractivity contribution >= 4 is 41.5 Å². The second-order valence-electron chi connectivity index (χ2n) is 26.1. The average molecular weight is 1310 g/mol. The highest BCUT2D eigenvalue weighted by atomic mass is 16.7. The Bertz CT molecular complexity index is 2120. The third-order valence-electron chi connectivity index (χ3n) is 19.0. The summed E-state index contributed by atoms with van der Waals surface area (Å²) in [5, 5.41) is 20.7.